The molecule has 2 aromatic rings. The van der Waals surface area contributed by atoms with Crippen LogP contribution in [0.3, 0.4) is 0 Å². The largest absolute Gasteiger partial charge is 0.497 e. The smallest absolute Gasteiger partial charge is 0.338 e. The number of fused-ring (bicyclic) bond motifs is 1. The Balaban J connectivity index is 1.63. The van der Waals surface area contributed by atoms with Crippen LogP contribution in [0.2, 0.25) is 0 Å². The molecule has 1 aliphatic heterocycles. The van der Waals surface area contributed by atoms with Crippen molar-refractivity contribution < 1.29 is 14.3 Å². The van der Waals surface area contributed by atoms with Gasteiger partial charge in [0.25, 0.3) is 0 Å². The van der Waals surface area contributed by atoms with Gasteiger partial charge in [0.05, 0.1) is 12.7 Å². The van der Waals surface area contributed by atoms with E-state index in [2.05, 4.69) is 5.32 Å². The third-order valence-electron chi connectivity index (χ3n) is 3.58. The van der Waals surface area contributed by atoms with E-state index in [1.165, 1.54) is 5.56 Å². The summed E-state index contributed by atoms with van der Waals surface area (Å²) in [7, 11) is 1.62. The van der Waals surface area contributed by atoms with E-state index < -0.39 is 0 Å². The van der Waals surface area contributed by atoms with Gasteiger partial charge in [0.1, 0.15) is 12.4 Å². The fourth-order valence-electron chi connectivity index (χ4n) is 2.39. The third kappa shape index (κ3) is 2.99. The summed E-state index contributed by atoms with van der Waals surface area (Å²) in [5.41, 5.74) is 3.83. The van der Waals surface area contributed by atoms with Gasteiger partial charge in [-0.25, -0.2) is 4.79 Å². The first-order chi connectivity index (χ1) is 10.3. The molecule has 1 aliphatic rings. The minimum Gasteiger partial charge on any atom is -0.497 e. The van der Waals surface area contributed by atoms with Crippen LogP contribution in [-0.2, 0) is 17.8 Å². The second-order valence-corrected chi connectivity index (χ2v) is 4.97. The maximum atomic E-state index is 12.1. The predicted molar refractivity (Wildman–Crippen MR) is 80.7 cm³/mol. The van der Waals surface area contributed by atoms with E-state index in [-0.39, 0.29) is 12.6 Å². The maximum absolute atomic E-state index is 12.1. The second-order valence-electron chi connectivity index (χ2n) is 4.97. The molecule has 1 heterocycles. The molecule has 0 atom stereocenters. The first-order valence-electron chi connectivity index (χ1n) is 6.93. The number of carbonyl (C=O) groups excluding carboxylic acids is 1. The summed E-state index contributed by atoms with van der Waals surface area (Å²) in [4.78, 5) is 12.1. The first-order valence-corrected chi connectivity index (χ1v) is 6.93. The molecular weight excluding hydrogens is 266 g/mol. The second kappa shape index (κ2) is 5.87. The van der Waals surface area contributed by atoms with Crippen molar-refractivity contribution in [3.8, 4) is 5.75 Å². The van der Waals surface area contributed by atoms with Gasteiger partial charge in [-0.1, -0.05) is 12.1 Å². The van der Waals surface area contributed by atoms with Gasteiger partial charge < -0.3 is 14.8 Å². The Bertz CT molecular complexity index is 650. The molecule has 0 saturated heterocycles. The average Bonchev–Trinajstić information content (AvgIpc) is 3.00. The van der Waals surface area contributed by atoms with Crippen molar-refractivity contribution in [2.45, 2.75) is 13.0 Å². The normalized spacial score (nSPS) is 12.4. The minimum absolute atomic E-state index is 0.262. The number of rotatable bonds is 4. The van der Waals surface area contributed by atoms with Crippen molar-refractivity contribution in [3.05, 3.63) is 59.2 Å². The van der Waals surface area contributed by atoms with Gasteiger partial charge in [-0.2, -0.15) is 0 Å². The molecule has 3 rings (SSSR count). The Morgan fingerprint density at radius 3 is 2.76 bits per heavy atom. The Labute approximate surface area is 123 Å². The van der Waals surface area contributed by atoms with E-state index in [9.17, 15) is 4.79 Å². The van der Waals surface area contributed by atoms with Crippen LogP contribution >= 0.6 is 0 Å². The molecule has 0 bridgehead atoms. The molecule has 0 saturated carbocycles. The molecule has 0 spiro atoms. The number of methoxy groups -OCH3 is 1. The Kier molecular flexibility index (Phi) is 3.77. The number of benzene rings is 2. The molecule has 21 heavy (non-hydrogen) atoms. The third-order valence-corrected chi connectivity index (χ3v) is 3.58. The molecule has 0 radical (unpaired) electrons. The van der Waals surface area contributed by atoms with Crippen LogP contribution in [0.1, 0.15) is 21.5 Å². The topological polar surface area (TPSA) is 47.6 Å². The van der Waals surface area contributed by atoms with Gasteiger partial charge in [0.15, 0.2) is 0 Å². The van der Waals surface area contributed by atoms with Gasteiger partial charge in [-0.05, 0) is 47.9 Å². The molecule has 0 unspecified atom stereocenters. The van der Waals surface area contributed by atoms with Crippen molar-refractivity contribution in [1.82, 2.24) is 0 Å². The lowest BCUT2D eigenvalue weighted by Gasteiger charge is -2.07. The van der Waals surface area contributed by atoms with Crippen LogP contribution in [0.4, 0.5) is 5.69 Å². The average molecular weight is 283 g/mol. The summed E-state index contributed by atoms with van der Waals surface area (Å²) in [5, 5.41) is 3.27. The molecule has 1 N–H and O–H groups in total. The van der Waals surface area contributed by atoms with Crippen molar-refractivity contribution in [2.24, 2.45) is 0 Å². The lowest BCUT2D eigenvalue weighted by Crippen LogP contribution is -2.05. The van der Waals surface area contributed by atoms with E-state index in [1.807, 2.05) is 36.4 Å². The molecule has 4 heteroatoms. The van der Waals surface area contributed by atoms with Gasteiger partial charge in [-0.3, -0.25) is 0 Å². The zero-order valence-electron chi connectivity index (χ0n) is 11.9. The highest BCUT2D eigenvalue weighted by molar-refractivity contribution is 5.90. The quantitative estimate of drug-likeness (QED) is 0.876. The van der Waals surface area contributed by atoms with E-state index in [0.717, 1.165) is 30.0 Å². The maximum Gasteiger partial charge on any atom is 0.338 e. The molecule has 4 nitrogen and oxygen atoms in total. The van der Waals surface area contributed by atoms with E-state index >= 15 is 0 Å². The fourth-order valence-corrected chi connectivity index (χ4v) is 2.39. The lowest BCUT2D eigenvalue weighted by molar-refractivity contribution is 0.0472. The zero-order valence-corrected chi connectivity index (χ0v) is 11.9. The molecule has 0 fully saturated rings. The summed E-state index contributed by atoms with van der Waals surface area (Å²) in [6.45, 7) is 1.19. The van der Waals surface area contributed by atoms with Gasteiger partial charge in [0, 0.05) is 12.2 Å². The summed E-state index contributed by atoms with van der Waals surface area (Å²) in [6, 6.07) is 13.1. The van der Waals surface area contributed by atoms with Crippen molar-refractivity contribution in [1.29, 1.82) is 0 Å². The van der Waals surface area contributed by atoms with Crippen LogP contribution in [0, 0.1) is 0 Å². The molecule has 0 aliphatic carbocycles. The monoisotopic (exact) mass is 283 g/mol. The molecule has 0 amide bonds. The Morgan fingerprint density at radius 2 is 2.00 bits per heavy atom. The van der Waals surface area contributed by atoms with Crippen molar-refractivity contribution in [3.63, 3.8) is 0 Å². The molecule has 108 valence electrons. The van der Waals surface area contributed by atoms with E-state index in [0.29, 0.717) is 5.56 Å². The van der Waals surface area contributed by atoms with E-state index in [1.54, 1.807) is 13.2 Å². The molecular formula is C17H17NO3. The number of hydrogen-bond donors (Lipinski definition) is 1. The zero-order chi connectivity index (χ0) is 14.7. The van der Waals surface area contributed by atoms with Gasteiger partial charge in [-0.15, -0.1) is 0 Å². The van der Waals surface area contributed by atoms with Crippen LogP contribution in [0.15, 0.2) is 42.5 Å². The van der Waals surface area contributed by atoms with Gasteiger partial charge in [0.2, 0.25) is 0 Å². The highest BCUT2D eigenvalue weighted by Crippen LogP contribution is 2.23. The summed E-state index contributed by atoms with van der Waals surface area (Å²) in [6.07, 6.45) is 0.953. The van der Waals surface area contributed by atoms with Crippen molar-refractivity contribution >= 4 is 11.7 Å². The first kappa shape index (κ1) is 13.5. The number of hydrogen-bond acceptors (Lipinski definition) is 4. The summed E-state index contributed by atoms with van der Waals surface area (Å²) in [5.74, 6) is 0.497. The highest BCUT2D eigenvalue weighted by Gasteiger charge is 2.14. The number of esters is 1. The Hall–Kier alpha value is -2.49. The number of carbonyl (C=O) groups is 1. The lowest BCUT2D eigenvalue weighted by atomic mass is 10.1. The standard InChI is InChI=1S/C17H17NO3/c1-20-15-5-2-12(3-6-15)11-21-17(19)14-4-7-16-13(10-14)8-9-18-16/h2-7,10,18H,8-9,11H2,1H3. The van der Waals surface area contributed by atoms with Crippen LogP contribution < -0.4 is 10.1 Å². The SMILES string of the molecule is COc1ccc(COC(=O)c2ccc3c(c2)CCN3)cc1. The van der Waals surface area contributed by atoms with Crippen LogP contribution in [0.25, 0.3) is 0 Å². The molecule has 2 aromatic carbocycles. The minimum atomic E-state index is -0.291. The fraction of sp³-hybridized carbons (Fsp3) is 0.235. The highest BCUT2D eigenvalue weighted by atomic mass is 16.5. The Morgan fingerprint density at radius 1 is 1.19 bits per heavy atom. The number of anilines is 1. The summed E-state index contributed by atoms with van der Waals surface area (Å²) < 4.78 is 10.4. The van der Waals surface area contributed by atoms with Crippen LogP contribution in [-0.4, -0.2) is 19.6 Å². The van der Waals surface area contributed by atoms with Gasteiger partial charge >= 0.3 is 5.97 Å². The predicted octanol–water partition coefficient (Wildman–Crippen LogP) is 3.02. The number of nitrogens with one attached hydrogen (secondary N) is 1. The number of ether oxygens (including phenoxy) is 2. The van der Waals surface area contributed by atoms with E-state index in [4.69, 9.17) is 9.47 Å². The van der Waals surface area contributed by atoms with Crippen LogP contribution in [0.5, 0.6) is 5.75 Å². The molecule has 0 aromatic heterocycles. The van der Waals surface area contributed by atoms with Crippen molar-refractivity contribution in [2.75, 3.05) is 19.0 Å². The summed E-state index contributed by atoms with van der Waals surface area (Å²) >= 11 is 0.